The van der Waals surface area contributed by atoms with E-state index in [1.54, 1.807) is 12.1 Å². The summed E-state index contributed by atoms with van der Waals surface area (Å²) in [7, 11) is 0. The third-order valence-electron chi connectivity index (χ3n) is 6.60. The molecule has 34 heavy (non-hydrogen) atoms. The topological polar surface area (TPSA) is 117 Å². The molecule has 0 saturated carbocycles. The Morgan fingerprint density at radius 1 is 1.06 bits per heavy atom. The highest BCUT2D eigenvalue weighted by Gasteiger charge is 2.35. The molecule has 1 unspecified atom stereocenters. The Morgan fingerprint density at radius 3 is 2.32 bits per heavy atom. The van der Waals surface area contributed by atoms with Crippen molar-refractivity contribution in [1.82, 2.24) is 10.2 Å². The second kappa shape index (κ2) is 10.2. The Hall–Kier alpha value is -3.48. The lowest BCUT2D eigenvalue weighted by molar-refractivity contribution is -0.153. The number of aliphatic hydroxyl groups excluding tert-OH is 2. The number of piperidine rings is 1. The maximum atomic E-state index is 13.9. The van der Waals surface area contributed by atoms with E-state index < -0.39 is 29.8 Å². The fourth-order valence-electron chi connectivity index (χ4n) is 4.57. The van der Waals surface area contributed by atoms with Crippen LogP contribution in [0.2, 0.25) is 0 Å². The number of nitrogens with one attached hydrogen (secondary N) is 1. The van der Waals surface area contributed by atoms with Crippen LogP contribution in [0.25, 0.3) is 0 Å². The molecule has 0 radical (unpaired) electrons. The van der Waals surface area contributed by atoms with Crippen molar-refractivity contribution < 1.29 is 24.2 Å². The smallest absolute Gasteiger partial charge is 0.255 e. The summed E-state index contributed by atoms with van der Waals surface area (Å²) in [5, 5.41) is 32.4. The summed E-state index contributed by atoms with van der Waals surface area (Å²) in [5.74, 6) is -1.91. The van der Waals surface area contributed by atoms with Gasteiger partial charge in [-0.05, 0) is 42.0 Å². The lowest BCUT2D eigenvalue weighted by Gasteiger charge is -2.34. The SMILES string of the molecule is N#Cc1c(F)cccc1N1CCC(CNC(=O)C(O)[C@@H](O)C(=O)N2Cc3ccccc3C2)CC1. The molecule has 2 aromatic rings. The predicted molar refractivity (Wildman–Crippen MR) is 122 cm³/mol. The number of hydrogen-bond acceptors (Lipinski definition) is 6. The van der Waals surface area contributed by atoms with Crippen molar-refractivity contribution in [3.05, 3.63) is 65.0 Å². The van der Waals surface area contributed by atoms with Gasteiger partial charge in [0.1, 0.15) is 17.4 Å². The number of nitrogens with zero attached hydrogens (tertiary/aromatic N) is 3. The number of anilines is 1. The number of carbonyl (C=O) groups excluding carboxylic acids is 2. The zero-order valence-corrected chi connectivity index (χ0v) is 18.7. The third kappa shape index (κ3) is 4.88. The van der Waals surface area contributed by atoms with Crippen molar-refractivity contribution in [2.75, 3.05) is 24.5 Å². The summed E-state index contributed by atoms with van der Waals surface area (Å²) >= 11 is 0. The van der Waals surface area contributed by atoms with Crippen LogP contribution in [0.4, 0.5) is 10.1 Å². The quantitative estimate of drug-likeness (QED) is 0.591. The molecule has 2 aromatic carbocycles. The second-order valence-corrected chi connectivity index (χ2v) is 8.77. The number of amides is 2. The number of benzene rings is 2. The molecule has 0 aliphatic carbocycles. The summed E-state index contributed by atoms with van der Waals surface area (Å²) in [6.45, 7) is 2.14. The van der Waals surface area contributed by atoms with E-state index in [0.717, 1.165) is 11.1 Å². The summed E-state index contributed by atoms with van der Waals surface area (Å²) in [4.78, 5) is 28.4. The molecule has 2 heterocycles. The zero-order chi connectivity index (χ0) is 24.2. The zero-order valence-electron chi connectivity index (χ0n) is 18.7. The van der Waals surface area contributed by atoms with Gasteiger partial charge in [0.2, 0.25) is 0 Å². The van der Waals surface area contributed by atoms with Crippen LogP contribution in [-0.4, -0.2) is 58.8 Å². The first-order valence-electron chi connectivity index (χ1n) is 11.3. The average Bonchev–Trinajstić information content (AvgIpc) is 3.30. The lowest BCUT2D eigenvalue weighted by Crippen LogP contribution is -2.50. The van der Waals surface area contributed by atoms with Crippen LogP contribution in [0.3, 0.4) is 0 Å². The number of fused-ring (bicyclic) bond motifs is 1. The first kappa shape index (κ1) is 23.7. The largest absolute Gasteiger partial charge is 0.380 e. The van der Waals surface area contributed by atoms with E-state index in [9.17, 15) is 29.5 Å². The molecule has 0 bridgehead atoms. The first-order valence-corrected chi connectivity index (χ1v) is 11.3. The molecule has 2 amide bonds. The molecule has 3 N–H and O–H groups in total. The van der Waals surface area contributed by atoms with Gasteiger partial charge < -0.3 is 25.3 Å². The molecule has 1 fully saturated rings. The van der Waals surface area contributed by atoms with Crippen LogP contribution in [-0.2, 0) is 22.7 Å². The minimum absolute atomic E-state index is 0.0251. The Morgan fingerprint density at radius 2 is 1.71 bits per heavy atom. The first-order chi connectivity index (χ1) is 16.4. The van der Waals surface area contributed by atoms with Gasteiger partial charge in [-0.2, -0.15) is 5.26 Å². The highest BCUT2D eigenvalue weighted by molar-refractivity contribution is 5.91. The predicted octanol–water partition coefficient (Wildman–Crippen LogP) is 1.29. The van der Waals surface area contributed by atoms with Crippen LogP contribution in [0, 0.1) is 23.1 Å². The van der Waals surface area contributed by atoms with Gasteiger partial charge in [-0.1, -0.05) is 30.3 Å². The van der Waals surface area contributed by atoms with E-state index in [4.69, 9.17) is 0 Å². The van der Waals surface area contributed by atoms with Gasteiger partial charge in [-0.3, -0.25) is 9.59 Å². The van der Waals surface area contributed by atoms with Crippen molar-refractivity contribution in [3.63, 3.8) is 0 Å². The van der Waals surface area contributed by atoms with E-state index in [-0.39, 0.29) is 18.0 Å². The summed E-state index contributed by atoms with van der Waals surface area (Å²) in [5.41, 5.74) is 2.55. The van der Waals surface area contributed by atoms with Crippen molar-refractivity contribution in [2.45, 2.75) is 38.1 Å². The normalized spacial score (nSPS) is 17.6. The molecular formula is C25H27FN4O4. The number of hydrogen-bond donors (Lipinski definition) is 3. The van der Waals surface area contributed by atoms with E-state index >= 15 is 0 Å². The Kier molecular flexibility index (Phi) is 7.10. The number of rotatable bonds is 6. The van der Waals surface area contributed by atoms with Gasteiger partial charge in [-0.15, -0.1) is 0 Å². The molecule has 0 spiro atoms. The molecule has 8 nitrogen and oxygen atoms in total. The average molecular weight is 467 g/mol. The molecule has 9 heteroatoms. The molecule has 2 aliphatic heterocycles. The standard InChI is InChI=1S/C25H27FN4O4/c26-20-6-3-7-21(19(20)12-27)29-10-8-16(9-11-29)13-28-24(33)22(31)23(32)25(34)30-14-17-4-1-2-5-18(17)15-30/h1-7,16,22-23,31-32H,8-11,13-15H2,(H,28,33)/t22?,23-/m1/s1. The maximum absolute atomic E-state index is 13.9. The van der Waals surface area contributed by atoms with Gasteiger partial charge in [-0.25, -0.2) is 4.39 Å². The molecule has 178 valence electrons. The Balaban J connectivity index is 1.25. The minimum Gasteiger partial charge on any atom is -0.380 e. The van der Waals surface area contributed by atoms with Gasteiger partial charge in [0.15, 0.2) is 12.2 Å². The summed E-state index contributed by atoms with van der Waals surface area (Å²) < 4.78 is 13.9. The van der Waals surface area contributed by atoms with Crippen LogP contribution < -0.4 is 10.2 Å². The van der Waals surface area contributed by atoms with E-state index in [0.29, 0.717) is 44.7 Å². The van der Waals surface area contributed by atoms with E-state index in [2.05, 4.69) is 5.32 Å². The van der Waals surface area contributed by atoms with Crippen LogP contribution in [0.1, 0.15) is 29.5 Å². The Bertz CT molecular complexity index is 1090. The summed E-state index contributed by atoms with van der Waals surface area (Å²) in [6, 6.07) is 14.0. The maximum Gasteiger partial charge on any atom is 0.255 e. The van der Waals surface area contributed by atoms with Gasteiger partial charge in [0, 0.05) is 32.7 Å². The summed E-state index contributed by atoms with van der Waals surface area (Å²) in [6.07, 6.45) is -2.30. The van der Waals surface area contributed by atoms with Crippen molar-refractivity contribution >= 4 is 17.5 Å². The fourth-order valence-corrected chi connectivity index (χ4v) is 4.57. The molecule has 1 saturated heterocycles. The Labute approximate surface area is 197 Å². The molecular weight excluding hydrogens is 439 g/mol. The van der Waals surface area contributed by atoms with Gasteiger partial charge in [0.05, 0.1) is 5.69 Å². The van der Waals surface area contributed by atoms with Crippen molar-refractivity contribution in [1.29, 1.82) is 5.26 Å². The van der Waals surface area contributed by atoms with E-state index in [1.165, 1.54) is 11.0 Å². The molecule has 4 rings (SSSR count). The second-order valence-electron chi connectivity index (χ2n) is 8.77. The third-order valence-corrected chi connectivity index (χ3v) is 6.60. The van der Waals surface area contributed by atoms with Crippen molar-refractivity contribution in [3.8, 4) is 6.07 Å². The van der Waals surface area contributed by atoms with E-state index in [1.807, 2.05) is 35.2 Å². The monoisotopic (exact) mass is 466 g/mol. The van der Waals surface area contributed by atoms with Gasteiger partial charge in [0.25, 0.3) is 11.8 Å². The van der Waals surface area contributed by atoms with Crippen molar-refractivity contribution in [2.24, 2.45) is 5.92 Å². The molecule has 2 aliphatic rings. The van der Waals surface area contributed by atoms with Crippen LogP contribution >= 0.6 is 0 Å². The van der Waals surface area contributed by atoms with Crippen LogP contribution in [0.15, 0.2) is 42.5 Å². The number of halogens is 1. The molecule has 0 aromatic heterocycles. The van der Waals surface area contributed by atoms with Crippen LogP contribution in [0.5, 0.6) is 0 Å². The highest BCUT2D eigenvalue weighted by Crippen LogP contribution is 2.27. The lowest BCUT2D eigenvalue weighted by atomic mass is 9.95. The van der Waals surface area contributed by atoms with Gasteiger partial charge >= 0.3 is 0 Å². The fraction of sp³-hybridized carbons (Fsp3) is 0.400. The molecule has 2 atom stereocenters. The number of nitriles is 1. The number of carbonyl (C=O) groups is 2. The number of aliphatic hydroxyl groups is 2. The highest BCUT2D eigenvalue weighted by atomic mass is 19.1. The minimum atomic E-state index is -1.86.